The quantitative estimate of drug-likeness (QED) is 0.568. The lowest BCUT2D eigenvalue weighted by molar-refractivity contribution is 0.102. The Bertz CT molecular complexity index is 1190. The molecule has 4 aromatic rings. The minimum absolute atomic E-state index is 0.0630. The largest absolute Gasteiger partial charge is 0.318 e. The van der Waals surface area contributed by atoms with Crippen LogP contribution < -0.4 is 5.32 Å². The molecular formula is C22H18FN5O. The van der Waals surface area contributed by atoms with Crippen molar-refractivity contribution in [1.29, 1.82) is 0 Å². The summed E-state index contributed by atoms with van der Waals surface area (Å²) in [4.78, 5) is 20.3. The summed E-state index contributed by atoms with van der Waals surface area (Å²) in [7, 11) is 1.78. The fourth-order valence-electron chi connectivity index (χ4n) is 3.12. The third-order valence-electron chi connectivity index (χ3n) is 4.66. The number of nitrogens with one attached hydrogen (secondary N) is 1. The molecule has 7 heteroatoms. The van der Waals surface area contributed by atoms with Gasteiger partial charge in [0.15, 0.2) is 11.5 Å². The van der Waals surface area contributed by atoms with Gasteiger partial charge in [-0.15, -0.1) is 0 Å². The molecule has 6 nitrogen and oxygen atoms in total. The van der Waals surface area contributed by atoms with Crippen molar-refractivity contribution in [3.63, 3.8) is 0 Å². The van der Waals surface area contributed by atoms with Crippen molar-refractivity contribution < 1.29 is 9.18 Å². The minimum Gasteiger partial charge on any atom is -0.318 e. The lowest BCUT2D eigenvalue weighted by atomic mass is 9.98. The summed E-state index contributed by atoms with van der Waals surface area (Å²) in [5.41, 5.74) is 5.16. The van der Waals surface area contributed by atoms with E-state index in [-0.39, 0.29) is 11.4 Å². The number of rotatable bonds is 4. The van der Waals surface area contributed by atoms with Crippen molar-refractivity contribution >= 4 is 11.6 Å². The van der Waals surface area contributed by atoms with E-state index in [9.17, 15) is 9.18 Å². The fourth-order valence-corrected chi connectivity index (χ4v) is 3.12. The van der Waals surface area contributed by atoms with Crippen LogP contribution in [0.15, 0.2) is 67.3 Å². The monoisotopic (exact) mass is 387 g/mol. The summed E-state index contributed by atoms with van der Waals surface area (Å²) in [6.07, 6.45) is 5.96. The molecule has 1 aromatic carbocycles. The second-order valence-corrected chi connectivity index (χ2v) is 6.61. The normalized spacial score (nSPS) is 10.7. The van der Waals surface area contributed by atoms with Crippen molar-refractivity contribution in [2.75, 3.05) is 5.32 Å². The smallest absolute Gasteiger partial charge is 0.276 e. The zero-order valence-corrected chi connectivity index (χ0v) is 15.9. The van der Waals surface area contributed by atoms with Crippen molar-refractivity contribution in [2.24, 2.45) is 7.05 Å². The minimum atomic E-state index is -0.599. The van der Waals surface area contributed by atoms with Crippen LogP contribution in [0.5, 0.6) is 0 Å². The molecule has 3 aromatic heterocycles. The van der Waals surface area contributed by atoms with Gasteiger partial charge in [-0.25, -0.2) is 4.39 Å². The van der Waals surface area contributed by atoms with E-state index in [1.807, 2.05) is 31.2 Å². The van der Waals surface area contributed by atoms with Crippen molar-refractivity contribution in [1.82, 2.24) is 19.7 Å². The maximum atomic E-state index is 13.8. The van der Waals surface area contributed by atoms with Crippen LogP contribution in [0, 0.1) is 12.7 Å². The number of hydrogen-bond acceptors (Lipinski definition) is 4. The number of nitrogens with zero attached hydrogens (tertiary/aromatic N) is 4. The number of aromatic nitrogens is 4. The average molecular weight is 387 g/mol. The molecule has 0 aliphatic heterocycles. The number of halogens is 1. The third-order valence-corrected chi connectivity index (χ3v) is 4.66. The molecule has 144 valence electrons. The molecular weight excluding hydrogens is 369 g/mol. The predicted molar refractivity (Wildman–Crippen MR) is 109 cm³/mol. The number of hydrogen-bond donors (Lipinski definition) is 1. The van der Waals surface area contributed by atoms with Crippen LogP contribution in [0.1, 0.15) is 16.1 Å². The Kier molecular flexibility index (Phi) is 4.87. The number of anilines is 1. The second kappa shape index (κ2) is 7.63. The second-order valence-electron chi connectivity index (χ2n) is 6.61. The van der Waals surface area contributed by atoms with Gasteiger partial charge < -0.3 is 5.32 Å². The molecule has 4 rings (SSSR count). The molecule has 0 aliphatic carbocycles. The van der Waals surface area contributed by atoms with Crippen LogP contribution in [0.2, 0.25) is 0 Å². The zero-order chi connectivity index (χ0) is 20.4. The molecule has 0 atom stereocenters. The molecule has 0 saturated carbocycles. The molecule has 0 unspecified atom stereocenters. The number of carbonyl (C=O) groups excluding carboxylic acids is 1. The van der Waals surface area contributed by atoms with Gasteiger partial charge in [-0.2, -0.15) is 5.10 Å². The van der Waals surface area contributed by atoms with Gasteiger partial charge in [0.2, 0.25) is 0 Å². The van der Waals surface area contributed by atoms with Crippen molar-refractivity contribution in [2.45, 2.75) is 6.92 Å². The standard InChI is InChI=1S/C22H18FN5O/c1-14-3-4-16(15-5-8-24-9-6-15)11-17(14)21-12-20(27-28(21)2)22(29)26-19-7-10-25-13-18(19)23/h3-13H,1-2H3,(H,25,26,29). The summed E-state index contributed by atoms with van der Waals surface area (Å²) < 4.78 is 15.4. The van der Waals surface area contributed by atoms with E-state index in [1.54, 1.807) is 30.2 Å². The molecule has 1 amide bonds. The maximum absolute atomic E-state index is 13.8. The summed E-state index contributed by atoms with van der Waals surface area (Å²) in [5.74, 6) is -1.09. The van der Waals surface area contributed by atoms with Gasteiger partial charge in [0, 0.05) is 31.2 Å². The maximum Gasteiger partial charge on any atom is 0.276 e. The van der Waals surface area contributed by atoms with Gasteiger partial charge in [0.25, 0.3) is 5.91 Å². The summed E-state index contributed by atoms with van der Waals surface area (Å²) in [5, 5.41) is 6.85. The number of amides is 1. The molecule has 0 aliphatic rings. The number of carbonyl (C=O) groups is 1. The Morgan fingerprint density at radius 2 is 1.76 bits per heavy atom. The van der Waals surface area contributed by atoms with Gasteiger partial charge in [-0.3, -0.25) is 19.4 Å². The Morgan fingerprint density at radius 1 is 1.00 bits per heavy atom. The molecule has 0 saturated heterocycles. The first-order chi connectivity index (χ1) is 14.0. The highest BCUT2D eigenvalue weighted by Gasteiger charge is 2.17. The van der Waals surface area contributed by atoms with Gasteiger partial charge in [-0.05, 0) is 53.9 Å². The third kappa shape index (κ3) is 3.75. The highest BCUT2D eigenvalue weighted by Crippen LogP contribution is 2.29. The van der Waals surface area contributed by atoms with Crippen LogP contribution in [0.4, 0.5) is 10.1 Å². The Balaban J connectivity index is 1.68. The summed E-state index contributed by atoms with van der Waals surface area (Å²) in [6, 6.07) is 13.1. The van der Waals surface area contributed by atoms with Gasteiger partial charge in [-0.1, -0.05) is 12.1 Å². The molecule has 0 radical (unpaired) electrons. The predicted octanol–water partition coefficient (Wildman–Crippen LogP) is 4.24. The summed E-state index contributed by atoms with van der Waals surface area (Å²) in [6.45, 7) is 2.00. The van der Waals surface area contributed by atoms with Gasteiger partial charge >= 0.3 is 0 Å². The van der Waals surface area contributed by atoms with Crippen LogP contribution in [0.3, 0.4) is 0 Å². The lowest BCUT2D eigenvalue weighted by Crippen LogP contribution is -2.14. The molecule has 0 bridgehead atoms. The first kappa shape index (κ1) is 18.5. The van der Waals surface area contributed by atoms with Crippen LogP contribution in [0.25, 0.3) is 22.4 Å². The fraction of sp³-hybridized carbons (Fsp3) is 0.0909. The first-order valence-corrected chi connectivity index (χ1v) is 8.99. The van der Waals surface area contributed by atoms with Crippen LogP contribution in [-0.2, 0) is 7.05 Å². The van der Waals surface area contributed by atoms with Crippen LogP contribution in [-0.4, -0.2) is 25.7 Å². The molecule has 0 fully saturated rings. The van der Waals surface area contributed by atoms with E-state index in [2.05, 4.69) is 26.4 Å². The average Bonchev–Trinajstić information content (AvgIpc) is 3.12. The molecule has 29 heavy (non-hydrogen) atoms. The van der Waals surface area contributed by atoms with E-state index in [0.29, 0.717) is 0 Å². The van der Waals surface area contributed by atoms with E-state index < -0.39 is 11.7 Å². The van der Waals surface area contributed by atoms with E-state index in [0.717, 1.165) is 34.1 Å². The molecule has 3 heterocycles. The molecule has 1 N–H and O–H groups in total. The van der Waals surface area contributed by atoms with E-state index >= 15 is 0 Å². The number of aryl methyl sites for hydroxylation is 2. The van der Waals surface area contributed by atoms with Gasteiger partial charge in [0.05, 0.1) is 17.6 Å². The Hall–Kier alpha value is -3.87. The van der Waals surface area contributed by atoms with E-state index in [4.69, 9.17) is 0 Å². The molecule has 0 spiro atoms. The highest BCUT2D eigenvalue weighted by atomic mass is 19.1. The van der Waals surface area contributed by atoms with Crippen LogP contribution >= 0.6 is 0 Å². The Labute approximate surface area is 167 Å². The van der Waals surface area contributed by atoms with E-state index in [1.165, 1.54) is 12.3 Å². The highest BCUT2D eigenvalue weighted by molar-refractivity contribution is 6.03. The van der Waals surface area contributed by atoms with Gasteiger partial charge in [0.1, 0.15) is 0 Å². The number of benzene rings is 1. The number of pyridine rings is 2. The van der Waals surface area contributed by atoms with Crippen molar-refractivity contribution in [3.05, 3.63) is 84.3 Å². The van der Waals surface area contributed by atoms with Crippen molar-refractivity contribution in [3.8, 4) is 22.4 Å². The first-order valence-electron chi connectivity index (χ1n) is 8.99. The zero-order valence-electron chi connectivity index (χ0n) is 15.9. The summed E-state index contributed by atoms with van der Waals surface area (Å²) >= 11 is 0. The lowest BCUT2D eigenvalue weighted by Gasteiger charge is -2.09. The SMILES string of the molecule is Cc1ccc(-c2ccncc2)cc1-c1cc(C(=O)Nc2ccncc2F)nn1C. The topological polar surface area (TPSA) is 72.7 Å². The Morgan fingerprint density at radius 3 is 2.52 bits per heavy atom.